The Balaban J connectivity index is 2.03. The van der Waals surface area contributed by atoms with Gasteiger partial charge in [0.25, 0.3) is 5.91 Å². The number of halogens is 1. The van der Waals surface area contributed by atoms with Gasteiger partial charge in [-0.2, -0.15) is 5.26 Å². The van der Waals surface area contributed by atoms with Crippen molar-refractivity contribution >= 4 is 61.9 Å². The van der Waals surface area contributed by atoms with E-state index in [1.165, 1.54) is 23.5 Å². The van der Waals surface area contributed by atoms with Crippen LogP contribution in [0, 0.1) is 11.3 Å². The van der Waals surface area contributed by atoms with Crippen LogP contribution in [-0.2, 0) is 11.3 Å². The van der Waals surface area contributed by atoms with Crippen molar-refractivity contribution in [3.05, 3.63) is 92.0 Å². The summed E-state index contributed by atoms with van der Waals surface area (Å²) in [6.07, 6.45) is 3.62. The molecule has 1 saturated heterocycles. The molecule has 0 radical (unpaired) electrons. The van der Waals surface area contributed by atoms with Crippen LogP contribution in [-0.4, -0.2) is 22.5 Å². The molecule has 0 aromatic heterocycles. The molecule has 1 fully saturated rings. The Morgan fingerprint density at radius 2 is 2.18 bits per heavy atom. The van der Waals surface area contributed by atoms with Crippen molar-refractivity contribution in [3.63, 3.8) is 0 Å². The normalized spacial score (nSPS) is 16.4. The highest BCUT2D eigenvalue weighted by molar-refractivity contribution is 9.10. The molecular formula is C25H23BrN4OS2. The molecule has 5 nitrogen and oxygen atoms in total. The number of hydrogen-bond donors (Lipinski definition) is 1. The van der Waals surface area contributed by atoms with Crippen LogP contribution in [0.3, 0.4) is 0 Å². The average molecular weight is 540 g/mol. The van der Waals surface area contributed by atoms with Gasteiger partial charge in [0.05, 0.1) is 34.5 Å². The third kappa shape index (κ3) is 6.64. The molecule has 1 amide bonds. The summed E-state index contributed by atoms with van der Waals surface area (Å²) < 4.78 is 0.949. The van der Waals surface area contributed by atoms with Gasteiger partial charge in [0.15, 0.2) is 5.17 Å². The fraction of sp³-hybridized carbons (Fsp3) is 0.160. The number of nitrogens with zero attached hydrogens (tertiary/aromatic N) is 3. The zero-order valence-electron chi connectivity index (χ0n) is 18.3. The van der Waals surface area contributed by atoms with Crippen LogP contribution in [0.15, 0.2) is 85.9 Å². The molecule has 33 heavy (non-hydrogen) atoms. The summed E-state index contributed by atoms with van der Waals surface area (Å²) in [7, 11) is 0. The lowest BCUT2D eigenvalue weighted by Crippen LogP contribution is -2.28. The van der Waals surface area contributed by atoms with Gasteiger partial charge in [-0.15, -0.1) is 11.8 Å². The standard InChI is InChI=1S/C25H23BrN4OS2/c1-4-7-17(3)32-16-23-24(31)30(15-19-8-6-9-20(26)12-19)25(33-23)29-22-13-18(14-27)10-11-21(22)28-5-2/h4,6-13,16,28H,1,5,15H2,2-3H3/b17-7+,23-16-,29-25?. The smallest absolute Gasteiger partial charge is 0.267 e. The molecule has 0 saturated carbocycles. The van der Waals surface area contributed by atoms with Crippen LogP contribution in [0.5, 0.6) is 0 Å². The number of hydrogen-bond acceptors (Lipinski definition) is 6. The number of aliphatic imine (C=N–C) groups is 1. The topological polar surface area (TPSA) is 68.5 Å². The third-order valence-electron chi connectivity index (χ3n) is 4.53. The van der Waals surface area contributed by atoms with Gasteiger partial charge < -0.3 is 5.32 Å². The molecule has 0 spiro atoms. The molecular weight excluding hydrogens is 516 g/mol. The number of rotatable bonds is 8. The first kappa shape index (κ1) is 24.9. The molecule has 1 heterocycles. The molecule has 2 aromatic rings. The maximum absolute atomic E-state index is 13.3. The summed E-state index contributed by atoms with van der Waals surface area (Å²) in [5.41, 5.74) is 2.94. The van der Waals surface area contributed by atoms with E-state index in [1.807, 2.05) is 55.7 Å². The Kier molecular flexibility index (Phi) is 9.01. The van der Waals surface area contributed by atoms with Gasteiger partial charge in [-0.25, -0.2) is 4.99 Å². The van der Waals surface area contributed by atoms with E-state index in [4.69, 9.17) is 4.99 Å². The van der Waals surface area contributed by atoms with Gasteiger partial charge in [-0.1, -0.05) is 46.8 Å². The predicted octanol–water partition coefficient (Wildman–Crippen LogP) is 7.18. The summed E-state index contributed by atoms with van der Waals surface area (Å²) in [6.45, 7) is 8.79. The molecule has 2 aromatic carbocycles. The van der Waals surface area contributed by atoms with E-state index < -0.39 is 0 Å². The number of anilines is 1. The van der Waals surface area contributed by atoms with Gasteiger partial charge in [0.1, 0.15) is 0 Å². The number of amidine groups is 1. The third-order valence-corrected chi connectivity index (χ3v) is 7.04. The van der Waals surface area contributed by atoms with Crippen LogP contribution in [0.4, 0.5) is 11.4 Å². The monoisotopic (exact) mass is 538 g/mol. The van der Waals surface area contributed by atoms with E-state index in [0.29, 0.717) is 34.4 Å². The van der Waals surface area contributed by atoms with Crippen molar-refractivity contribution in [1.29, 1.82) is 5.26 Å². The van der Waals surface area contributed by atoms with Gasteiger partial charge in [0.2, 0.25) is 0 Å². The molecule has 0 aliphatic carbocycles. The number of carbonyl (C=O) groups is 1. The van der Waals surface area contributed by atoms with Crippen LogP contribution < -0.4 is 5.32 Å². The van der Waals surface area contributed by atoms with Crippen molar-refractivity contribution in [2.24, 2.45) is 4.99 Å². The number of benzene rings is 2. The summed E-state index contributed by atoms with van der Waals surface area (Å²) in [5, 5.41) is 15.1. The van der Waals surface area contributed by atoms with Gasteiger partial charge in [0, 0.05) is 11.0 Å². The molecule has 8 heteroatoms. The fourth-order valence-electron chi connectivity index (χ4n) is 3.02. The number of amides is 1. The zero-order valence-corrected chi connectivity index (χ0v) is 21.6. The molecule has 0 bridgehead atoms. The number of carbonyl (C=O) groups excluding carboxylic acids is 1. The number of nitrogens with one attached hydrogen (secondary N) is 1. The largest absolute Gasteiger partial charge is 0.384 e. The Hall–Kier alpha value is -2.73. The SMILES string of the molecule is C=C/C=C(\C)S/C=C1\SC(=Nc2cc(C#N)ccc2NCC)N(Cc2cccc(Br)c2)C1=O. The highest BCUT2D eigenvalue weighted by atomic mass is 79.9. The second kappa shape index (κ2) is 11.9. The average Bonchev–Trinajstić information content (AvgIpc) is 3.08. The minimum atomic E-state index is -0.0981. The van der Waals surface area contributed by atoms with Crippen LogP contribution in [0.25, 0.3) is 0 Å². The first-order valence-corrected chi connectivity index (χ1v) is 12.7. The van der Waals surface area contributed by atoms with Crippen molar-refractivity contribution in [2.75, 3.05) is 11.9 Å². The second-order valence-corrected chi connectivity index (χ2v) is 10.0. The lowest BCUT2D eigenvalue weighted by Gasteiger charge is -2.17. The number of allylic oxidation sites excluding steroid dienone is 3. The van der Waals surface area contributed by atoms with E-state index in [9.17, 15) is 10.1 Å². The summed E-state index contributed by atoms with van der Waals surface area (Å²) in [5.74, 6) is -0.0981. The molecule has 1 aliphatic rings. The van der Waals surface area contributed by atoms with Gasteiger partial charge >= 0.3 is 0 Å². The maximum atomic E-state index is 13.3. The minimum Gasteiger partial charge on any atom is -0.384 e. The van der Waals surface area contributed by atoms with Crippen LogP contribution in [0.2, 0.25) is 0 Å². The zero-order chi connectivity index (χ0) is 23.8. The predicted molar refractivity (Wildman–Crippen MR) is 144 cm³/mol. The first-order valence-electron chi connectivity index (χ1n) is 10.2. The Bertz CT molecular complexity index is 1200. The van der Waals surface area contributed by atoms with Crippen LogP contribution >= 0.6 is 39.5 Å². The van der Waals surface area contributed by atoms with Crippen molar-refractivity contribution in [3.8, 4) is 6.07 Å². The number of thioether (sulfide) groups is 2. The highest BCUT2D eigenvalue weighted by Crippen LogP contribution is 2.38. The quantitative estimate of drug-likeness (QED) is 0.284. The summed E-state index contributed by atoms with van der Waals surface area (Å²) in [6, 6.07) is 15.4. The second-order valence-electron chi connectivity index (χ2n) is 7.00. The van der Waals surface area contributed by atoms with Crippen molar-refractivity contribution in [1.82, 2.24) is 4.90 Å². The van der Waals surface area contributed by atoms with E-state index in [0.717, 1.165) is 20.6 Å². The van der Waals surface area contributed by atoms with Gasteiger partial charge in [-0.3, -0.25) is 9.69 Å². The maximum Gasteiger partial charge on any atom is 0.267 e. The van der Waals surface area contributed by atoms with E-state index in [2.05, 4.69) is 33.9 Å². The summed E-state index contributed by atoms with van der Waals surface area (Å²) in [4.78, 5) is 21.5. The molecule has 3 rings (SSSR count). The van der Waals surface area contributed by atoms with Crippen molar-refractivity contribution in [2.45, 2.75) is 20.4 Å². The fourth-order valence-corrected chi connectivity index (χ4v) is 5.17. The van der Waals surface area contributed by atoms with E-state index >= 15 is 0 Å². The highest BCUT2D eigenvalue weighted by Gasteiger charge is 2.33. The summed E-state index contributed by atoms with van der Waals surface area (Å²) >= 11 is 6.32. The van der Waals surface area contributed by atoms with Crippen LogP contribution in [0.1, 0.15) is 25.0 Å². The Labute approximate surface area is 211 Å². The lowest BCUT2D eigenvalue weighted by atomic mass is 10.2. The molecule has 0 atom stereocenters. The first-order chi connectivity index (χ1) is 15.9. The van der Waals surface area contributed by atoms with Crippen molar-refractivity contribution < 1.29 is 4.79 Å². The molecule has 1 N–H and O–H groups in total. The molecule has 0 unspecified atom stereocenters. The molecule has 1 aliphatic heterocycles. The molecule has 168 valence electrons. The Morgan fingerprint density at radius 3 is 2.88 bits per heavy atom. The van der Waals surface area contributed by atoms with E-state index in [1.54, 1.807) is 23.1 Å². The number of nitriles is 1. The Morgan fingerprint density at radius 1 is 1.36 bits per heavy atom. The van der Waals surface area contributed by atoms with Gasteiger partial charge in [-0.05, 0) is 71.8 Å². The lowest BCUT2D eigenvalue weighted by molar-refractivity contribution is -0.122. The minimum absolute atomic E-state index is 0.0981. The van der Waals surface area contributed by atoms with E-state index in [-0.39, 0.29) is 5.91 Å².